The molecule has 2 aromatic rings. The number of hydrogen-bond donors (Lipinski definition) is 0. The third-order valence-corrected chi connectivity index (χ3v) is 6.97. The average molecular weight is 359 g/mol. The molecule has 0 radical (unpaired) electrons. The predicted molar refractivity (Wildman–Crippen MR) is 108 cm³/mol. The van der Waals surface area contributed by atoms with Gasteiger partial charge in [0.1, 0.15) is 0 Å². The van der Waals surface area contributed by atoms with Crippen LogP contribution in [0.3, 0.4) is 0 Å². The molecule has 0 aromatic heterocycles. The molecular formula is C22H30O2S. The zero-order chi connectivity index (χ0) is 18.1. The van der Waals surface area contributed by atoms with Crippen molar-refractivity contribution in [2.45, 2.75) is 57.6 Å². The molecule has 2 aromatic carbocycles. The lowest BCUT2D eigenvalue weighted by molar-refractivity contribution is 0.577. The van der Waals surface area contributed by atoms with Crippen molar-refractivity contribution in [2.75, 3.05) is 5.75 Å². The Bertz CT molecular complexity index is 716. The summed E-state index contributed by atoms with van der Waals surface area (Å²) >= 11 is 0. The van der Waals surface area contributed by atoms with Gasteiger partial charge in [-0.25, -0.2) is 8.42 Å². The fourth-order valence-corrected chi connectivity index (χ4v) is 3.97. The zero-order valence-electron chi connectivity index (χ0n) is 15.4. The van der Waals surface area contributed by atoms with Crippen molar-refractivity contribution in [1.29, 1.82) is 0 Å². The molecule has 136 valence electrons. The summed E-state index contributed by atoms with van der Waals surface area (Å²) in [6.45, 7) is 3.52. The number of rotatable bonds is 10. The Hall–Kier alpha value is -1.61. The van der Waals surface area contributed by atoms with Gasteiger partial charge in [0.05, 0.1) is 11.0 Å². The van der Waals surface area contributed by atoms with Gasteiger partial charge < -0.3 is 0 Å². The minimum atomic E-state index is -2.86. The van der Waals surface area contributed by atoms with E-state index in [1.165, 1.54) is 29.5 Å². The molecule has 0 aliphatic rings. The Kier molecular flexibility index (Phi) is 7.70. The van der Waals surface area contributed by atoms with E-state index in [2.05, 4.69) is 48.5 Å². The van der Waals surface area contributed by atoms with E-state index in [0.717, 1.165) is 25.7 Å². The number of benzene rings is 2. The highest BCUT2D eigenvalue weighted by atomic mass is 32.2. The van der Waals surface area contributed by atoms with Crippen LogP contribution in [0.5, 0.6) is 0 Å². The van der Waals surface area contributed by atoms with Crippen LogP contribution in [-0.2, 0) is 16.3 Å². The maximum absolute atomic E-state index is 11.7. The van der Waals surface area contributed by atoms with Gasteiger partial charge in [-0.1, -0.05) is 73.9 Å². The van der Waals surface area contributed by atoms with Gasteiger partial charge in [0.2, 0.25) is 0 Å². The van der Waals surface area contributed by atoms with Gasteiger partial charge in [0, 0.05) is 0 Å². The lowest BCUT2D eigenvalue weighted by Crippen LogP contribution is -2.17. The molecule has 25 heavy (non-hydrogen) atoms. The Morgan fingerprint density at radius 3 is 1.92 bits per heavy atom. The third-order valence-electron chi connectivity index (χ3n) is 4.67. The minimum absolute atomic E-state index is 0.244. The van der Waals surface area contributed by atoms with Crippen LogP contribution in [0.1, 0.15) is 51.5 Å². The van der Waals surface area contributed by atoms with Crippen molar-refractivity contribution >= 4 is 9.84 Å². The van der Waals surface area contributed by atoms with E-state index in [1.807, 2.05) is 6.07 Å². The van der Waals surface area contributed by atoms with Gasteiger partial charge in [0.25, 0.3) is 0 Å². The summed E-state index contributed by atoms with van der Waals surface area (Å²) in [5, 5.41) is -0.244. The Labute approximate surface area is 153 Å². The monoisotopic (exact) mass is 358 g/mol. The van der Waals surface area contributed by atoms with Crippen LogP contribution in [0, 0.1) is 0 Å². The maximum Gasteiger partial charge on any atom is 0.152 e. The van der Waals surface area contributed by atoms with Gasteiger partial charge >= 0.3 is 0 Å². The average Bonchev–Trinajstić information content (AvgIpc) is 2.62. The second kappa shape index (κ2) is 9.76. The van der Waals surface area contributed by atoms with E-state index in [-0.39, 0.29) is 5.25 Å². The first-order chi connectivity index (χ1) is 12.0. The topological polar surface area (TPSA) is 34.1 Å². The Morgan fingerprint density at radius 2 is 1.28 bits per heavy atom. The van der Waals surface area contributed by atoms with E-state index in [9.17, 15) is 8.42 Å². The number of hydrogen-bond acceptors (Lipinski definition) is 2. The van der Waals surface area contributed by atoms with Gasteiger partial charge in [-0.2, -0.15) is 0 Å². The van der Waals surface area contributed by atoms with Crippen LogP contribution in [0.2, 0.25) is 0 Å². The van der Waals surface area contributed by atoms with Crippen LogP contribution in [0.4, 0.5) is 0 Å². The van der Waals surface area contributed by atoms with Crippen molar-refractivity contribution in [2.24, 2.45) is 0 Å². The summed E-state index contributed by atoms with van der Waals surface area (Å²) in [5.41, 5.74) is 3.89. The van der Waals surface area contributed by atoms with Gasteiger partial charge in [-0.3, -0.25) is 0 Å². The molecule has 0 aliphatic heterocycles. The highest BCUT2D eigenvalue weighted by Crippen LogP contribution is 2.20. The third kappa shape index (κ3) is 6.66. The second-order valence-electron chi connectivity index (χ2n) is 7.00. The minimum Gasteiger partial charge on any atom is -0.229 e. The highest BCUT2D eigenvalue weighted by Gasteiger charge is 2.14. The number of unbranched alkanes of at least 4 members (excludes halogenated alkanes) is 4. The molecule has 0 N–H and O–H groups in total. The first-order valence-corrected chi connectivity index (χ1v) is 11.1. The number of aryl methyl sites for hydroxylation is 1. The molecule has 0 aliphatic carbocycles. The lowest BCUT2D eigenvalue weighted by atomic mass is 10.0. The summed E-state index contributed by atoms with van der Waals surface area (Å²) in [6.07, 6.45) is 6.37. The molecule has 2 rings (SSSR count). The van der Waals surface area contributed by atoms with Crippen molar-refractivity contribution in [1.82, 2.24) is 0 Å². The highest BCUT2D eigenvalue weighted by molar-refractivity contribution is 7.91. The van der Waals surface area contributed by atoms with Gasteiger partial charge in [-0.05, 0) is 49.8 Å². The van der Waals surface area contributed by atoms with Crippen molar-refractivity contribution < 1.29 is 8.42 Å². The van der Waals surface area contributed by atoms with Crippen LogP contribution < -0.4 is 0 Å². The lowest BCUT2D eigenvalue weighted by Gasteiger charge is -2.07. The predicted octanol–water partition coefficient (Wildman–Crippen LogP) is 5.67. The Morgan fingerprint density at radius 1 is 0.720 bits per heavy atom. The van der Waals surface area contributed by atoms with Crippen LogP contribution in [-0.4, -0.2) is 19.4 Å². The van der Waals surface area contributed by atoms with E-state index >= 15 is 0 Å². The van der Waals surface area contributed by atoms with Crippen molar-refractivity contribution in [3.63, 3.8) is 0 Å². The van der Waals surface area contributed by atoms with Crippen molar-refractivity contribution in [3.8, 4) is 11.1 Å². The summed E-state index contributed by atoms with van der Waals surface area (Å²) < 4.78 is 23.5. The molecule has 0 spiro atoms. The standard InChI is InChI=1S/C22H30O2S/c1-19(2)25(23,24)18-10-5-3-4-7-11-20-14-16-22(17-15-20)21-12-8-6-9-13-21/h6,8-9,12-17,19H,3-5,7,10-11,18H2,1-2H3. The fourth-order valence-electron chi connectivity index (χ4n) is 2.89. The fraction of sp³-hybridized carbons (Fsp3) is 0.455. The molecule has 0 saturated carbocycles. The van der Waals surface area contributed by atoms with Gasteiger partial charge in [-0.15, -0.1) is 0 Å². The Balaban J connectivity index is 1.64. The summed E-state index contributed by atoms with van der Waals surface area (Å²) in [4.78, 5) is 0. The molecule has 0 atom stereocenters. The smallest absolute Gasteiger partial charge is 0.152 e. The SMILES string of the molecule is CC(C)S(=O)(=O)CCCCCCCc1ccc(-c2ccccc2)cc1. The number of sulfone groups is 1. The van der Waals surface area contributed by atoms with Crippen LogP contribution in [0.15, 0.2) is 54.6 Å². The normalized spacial score (nSPS) is 11.8. The van der Waals surface area contributed by atoms with Crippen LogP contribution >= 0.6 is 0 Å². The molecule has 2 nitrogen and oxygen atoms in total. The van der Waals surface area contributed by atoms with Crippen LogP contribution in [0.25, 0.3) is 11.1 Å². The molecule has 0 unspecified atom stereocenters. The van der Waals surface area contributed by atoms with E-state index in [1.54, 1.807) is 13.8 Å². The zero-order valence-corrected chi connectivity index (χ0v) is 16.3. The van der Waals surface area contributed by atoms with Crippen molar-refractivity contribution in [3.05, 3.63) is 60.2 Å². The van der Waals surface area contributed by atoms with E-state index in [4.69, 9.17) is 0 Å². The van der Waals surface area contributed by atoms with Gasteiger partial charge in [0.15, 0.2) is 9.84 Å². The summed E-state index contributed by atoms with van der Waals surface area (Å²) in [7, 11) is -2.86. The quantitative estimate of drug-likeness (QED) is 0.513. The molecule has 3 heteroatoms. The molecule has 0 saturated heterocycles. The largest absolute Gasteiger partial charge is 0.229 e. The summed E-state index contributed by atoms with van der Waals surface area (Å²) in [6, 6.07) is 19.3. The second-order valence-corrected chi connectivity index (χ2v) is 9.67. The molecule has 0 amide bonds. The molecular weight excluding hydrogens is 328 g/mol. The molecule has 0 heterocycles. The summed E-state index contributed by atoms with van der Waals surface area (Å²) in [5.74, 6) is 0.339. The maximum atomic E-state index is 11.7. The first kappa shape index (κ1) is 19.7. The van der Waals surface area contributed by atoms with E-state index in [0.29, 0.717) is 5.75 Å². The first-order valence-electron chi connectivity index (χ1n) is 9.35. The molecule has 0 bridgehead atoms. The molecule has 0 fully saturated rings. The van der Waals surface area contributed by atoms with E-state index < -0.39 is 9.84 Å².